The van der Waals surface area contributed by atoms with Crippen LogP contribution in [0.25, 0.3) is 10.9 Å². The number of nitrogens with zero attached hydrogens (tertiary/aromatic N) is 1. The minimum Gasteiger partial charge on any atom is -0.370 e. The van der Waals surface area contributed by atoms with E-state index in [0.29, 0.717) is 12.2 Å². The summed E-state index contributed by atoms with van der Waals surface area (Å²) in [4.78, 5) is 16.7. The van der Waals surface area contributed by atoms with Gasteiger partial charge in [-0.15, -0.1) is 0 Å². The molecule has 3 nitrogen and oxygen atoms in total. The van der Waals surface area contributed by atoms with Crippen molar-refractivity contribution in [3.63, 3.8) is 0 Å². The molecule has 1 aromatic carbocycles. The summed E-state index contributed by atoms with van der Waals surface area (Å²) < 4.78 is 5.53. The maximum Gasteiger partial charge on any atom is 0.193 e. The molecular weight excluding hydrogens is 238 g/mol. The molecule has 0 radical (unpaired) electrons. The summed E-state index contributed by atoms with van der Waals surface area (Å²) in [6.45, 7) is 4.52. The zero-order valence-corrected chi connectivity index (χ0v) is 11.4. The van der Waals surface area contributed by atoms with E-state index in [1.165, 1.54) is 0 Å². The average Bonchev–Trinajstić information content (AvgIpc) is 2.46. The minimum atomic E-state index is -0.349. The van der Waals surface area contributed by atoms with Crippen molar-refractivity contribution in [2.45, 2.75) is 32.8 Å². The normalized spacial score (nSPS) is 12.5. The number of rotatable bonds is 6. The molecule has 0 bridgehead atoms. The number of benzene rings is 1. The van der Waals surface area contributed by atoms with Gasteiger partial charge in [-0.25, -0.2) is 0 Å². The third kappa shape index (κ3) is 3.18. The molecule has 0 aliphatic heterocycles. The molecule has 0 spiro atoms. The second-order valence-electron chi connectivity index (χ2n) is 4.51. The summed E-state index contributed by atoms with van der Waals surface area (Å²) in [5, 5.41) is 0.986. The summed E-state index contributed by atoms with van der Waals surface area (Å²) in [7, 11) is 0. The van der Waals surface area contributed by atoms with Crippen LogP contribution in [0, 0.1) is 0 Å². The van der Waals surface area contributed by atoms with E-state index in [1.807, 2.05) is 37.3 Å². The number of Topliss-reactive ketones (excluding diaryl/α,β-unsaturated/α-hetero) is 1. The van der Waals surface area contributed by atoms with Crippen molar-refractivity contribution in [2.75, 3.05) is 6.61 Å². The largest absolute Gasteiger partial charge is 0.370 e. The average molecular weight is 257 g/mol. The fourth-order valence-electron chi connectivity index (χ4n) is 2.15. The maximum atomic E-state index is 12.4. The molecule has 100 valence electrons. The van der Waals surface area contributed by atoms with Crippen LogP contribution in [0.3, 0.4) is 0 Å². The van der Waals surface area contributed by atoms with E-state index in [4.69, 9.17) is 4.74 Å². The molecule has 1 unspecified atom stereocenters. The summed E-state index contributed by atoms with van der Waals surface area (Å²) in [5.74, 6) is 0.0296. The highest BCUT2D eigenvalue weighted by Crippen LogP contribution is 2.16. The Hall–Kier alpha value is -1.74. The van der Waals surface area contributed by atoms with Crippen molar-refractivity contribution in [3.8, 4) is 0 Å². The lowest BCUT2D eigenvalue weighted by molar-refractivity contribution is 0.0423. The first-order chi connectivity index (χ1) is 9.26. The summed E-state index contributed by atoms with van der Waals surface area (Å²) in [5.41, 5.74) is 1.54. The van der Waals surface area contributed by atoms with Crippen LogP contribution in [0.4, 0.5) is 0 Å². The van der Waals surface area contributed by atoms with Gasteiger partial charge >= 0.3 is 0 Å². The van der Waals surface area contributed by atoms with E-state index in [0.717, 1.165) is 23.7 Å². The number of ether oxygens (including phenoxy) is 1. The van der Waals surface area contributed by atoms with Gasteiger partial charge in [-0.3, -0.25) is 9.78 Å². The first-order valence-electron chi connectivity index (χ1n) is 6.76. The summed E-state index contributed by atoms with van der Waals surface area (Å²) in [6, 6.07) is 9.69. The highest BCUT2D eigenvalue weighted by Gasteiger charge is 2.19. The number of ketones is 1. The van der Waals surface area contributed by atoms with E-state index >= 15 is 0 Å². The Morgan fingerprint density at radius 1 is 1.32 bits per heavy atom. The van der Waals surface area contributed by atoms with E-state index in [2.05, 4.69) is 11.9 Å². The molecule has 0 saturated carbocycles. The number of carbonyl (C=O) groups excluding carboxylic acids is 1. The van der Waals surface area contributed by atoms with Crippen LogP contribution in [-0.2, 0) is 4.74 Å². The van der Waals surface area contributed by atoms with Gasteiger partial charge in [-0.2, -0.15) is 0 Å². The lowest BCUT2D eigenvalue weighted by Gasteiger charge is -2.15. The van der Waals surface area contributed by atoms with Gasteiger partial charge in [0, 0.05) is 23.8 Å². The van der Waals surface area contributed by atoms with Gasteiger partial charge in [0.15, 0.2) is 5.78 Å². The molecule has 2 aromatic rings. The minimum absolute atomic E-state index is 0.0296. The van der Waals surface area contributed by atoms with E-state index in [1.54, 1.807) is 6.20 Å². The Labute approximate surface area is 113 Å². The van der Waals surface area contributed by atoms with Crippen LogP contribution >= 0.6 is 0 Å². The quantitative estimate of drug-likeness (QED) is 0.742. The number of pyridine rings is 1. The zero-order valence-electron chi connectivity index (χ0n) is 11.4. The topological polar surface area (TPSA) is 39.2 Å². The number of fused-ring (bicyclic) bond motifs is 1. The third-order valence-electron chi connectivity index (χ3n) is 3.09. The highest BCUT2D eigenvalue weighted by molar-refractivity contribution is 6.01. The molecule has 0 saturated heterocycles. The van der Waals surface area contributed by atoms with Crippen LogP contribution < -0.4 is 0 Å². The molecule has 0 fully saturated rings. The van der Waals surface area contributed by atoms with Crippen molar-refractivity contribution < 1.29 is 9.53 Å². The Balaban J connectivity index is 2.29. The monoisotopic (exact) mass is 257 g/mol. The van der Waals surface area contributed by atoms with E-state index in [-0.39, 0.29) is 11.9 Å². The van der Waals surface area contributed by atoms with Gasteiger partial charge in [0.05, 0.1) is 5.52 Å². The number of hydrogen-bond donors (Lipinski definition) is 0. The predicted octanol–water partition coefficient (Wildman–Crippen LogP) is 3.62. The second-order valence-corrected chi connectivity index (χ2v) is 4.51. The van der Waals surface area contributed by atoms with Crippen LogP contribution in [0.2, 0.25) is 0 Å². The molecule has 1 atom stereocenters. The van der Waals surface area contributed by atoms with E-state index < -0.39 is 0 Å². The molecule has 0 aliphatic carbocycles. The van der Waals surface area contributed by atoms with Crippen LogP contribution in [0.5, 0.6) is 0 Å². The molecule has 2 rings (SSSR count). The van der Waals surface area contributed by atoms with Gasteiger partial charge < -0.3 is 4.74 Å². The molecule has 19 heavy (non-hydrogen) atoms. The predicted molar refractivity (Wildman–Crippen MR) is 76.4 cm³/mol. The third-order valence-corrected chi connectivity index (χ3v) is 3.09. The summed E-state index contributed by atoms with van der Waals surface area (Å²) in [6.07, 6.45) is 2.97. The Morgan fingerprint density at radius 3 is 2.84 bits per heavy atom. The van der Waals surface area contributed by atoms with E-state index in [9.17, 15) is 4.79 Å². The molecule has 0 N–H and O–H groups in total. The van der Waals surface area contributed by atoms with Crippen molar-refractivity contribution in [1.29, 1.82) is 0 Å². The molecule has 1 heterocycles. The van der Waals surface area contributed by atoms with Crippen LogP contribution in [0.15, 0.2) is 36.5 Å². The van der Waals surface area contributed by atoms with Gasteiger partial charge in [0.2, 0.25) is 0 Å². The Kier molecular flexibility index (Phi) is 4.63. The summed E-state index contributed by atoms with van der Waals surface area (Å²) >= 11 is 0. The molecule has 0 amide bonds. The number of aromatic nitrogens is 1. The lowest BCUT2D eigenvalue weighted by atomic mass is 10.0. The van der Waals surface area contributed by atoms with Crippen molar-refractivity contribution in [1.82, 2.24) is 4.98 Å². The number of carbonyl (C=O) groups is 1. The van der Waals surface area contributed by atoms with Gasteiger partial charge in [0.1, 0.15) is 6.10 Å². The first-order valence-corrected chi connectivity index (χ1v) is 6.76. The second kappa shape index (κ2) is 6.43. The van der Waals surface area contributed by atoms with Crippen molar-refractivity contribution in [3.05, 3.63) is 42.1 Å². The molecule has 3 heteroatoms. The Morgan fingerprint density at radius 2 is 2.11 bits per heavy atom. The molecule has 1 aromatic heterocycles. The maximum absolute atomic E-state index is 12.4. The fraction of sp³-hybridized carbons (Fsp3) is 0.375. The first kappa shape index (κ1) is 13.7. The smallest absolute Gasteiger partial charge is 0.193 e. The number of hydrogen-bond acceptors (Lipinski definition) is 3. The van der Waals surface area contributed by atoms with Gasteiger partial charge in [-0.05, 0) is 25.5 Å². The zero-order chi connectivity index (χ0) is 13.7. The SMILES string of the molecule is CCCC(OCC)C(=O)c1cnc2ccccc2c1. The molecule has 0 aliphatic rings. The van der Waals surface area contributed by atoms with Gasteiger partial charge in [-0.1, -0.05) is 31.5 Å². The fourth-order valence-corrected chi connectivity index (χ4v) is 2.15. The van der Waals surface area contributed by atoms with Crippen molar-refractivity contribution in [2.24, 2.45) is 0 Å². The van der Waals surface area contributed by atoms with Gasteiger partial charge in [0.25, 0.3) is 0 Å². The van der Waals surface area contributed by atoms with Crippen LogP contribution in [0.1, 0.15) is 37.0 Å². The molecular formula is C16H19NO2. The Bertz CT molecular complexity index is 559. The lowest BCUT2D eigenvalue weighted by Crippen LogP contribution is -2.24. The number of para-hydroxylation sites is 1. The standard InChI is InChI=1S/C16H19NO2/c1-3-7-15(19-4-2)16(18)13-10-12-8-5-6-9-14(12)17-11-13/h5-6,8-11,15H,3-4,7H2,1-2H3. The van der Waals surface area contributed by atoms with Crippen LogP contribution in [-0.4, -0.2) is 23.5 Å². The van der Waals surface area contributed by atoms with Crippen molar-refractivity contribution >= 4 is 16.7 Å². The highest BCUT2D eigenvalue weighted by atomic mass is 16.5.